The predicted molar refractivity (Wildman–Crippen MR) is 189 cm³/mol. The van der Waals surface area contributed by atoms with Crippen molar-refractivity contribution in [2.75, 3.05) is 7.05 Å². The van der Waals surface area contributed by atoms with Crippen LogP contribution in [-0.4, -0.2) is 49.4 Å². The maximum atomic E-state index is 13.3. The van der Waals surface area contributed by atoms with E-state index in [2.05, 4.69) is 86.6 Å². The lowest BCUT2D eigenvalue weighted by Gasteiger charge is -2.64. The minimum absolute atomic E-state index is 0.253. The SMILES string of the molecule is Cc1nc(C)c(C)c(C(O)N(C)NC(C(C)(C)C)C(C)(C)C(C(C)(C)C)(C(C)(C)C)[P+](O)(OC(C)(C)C)OC(C)(C)C)c1C. The number of nitrogens with zero attached hydrogens (tertiary/aromatic N) is 2. The average Bonchev–Trinajstić information content (AvgIpc) is 2.69. The van der Waals surface area contributed by atoms with E-state index in [0.717, 1.165) is 28.1 Å². The Balaban J connectivity index is 4.20. The fourth-order valence-electron chi connectivity index (χ4n) is 8.76. The molecule has 0 amide bonds. The Labute approximate surface area is 272 Å². The number of rotatable bonds is 9. The number of aliphatic hydroxyl groups is 1. The van der Waals surface area contributed by atoms with E-state index in [9.17, 15) is 10.00 Å². The van der Waals surface area contributed by atoms with E-state index in [-0.39, 0.29) is 11.5 Å². The van der Waals surface area contributed by atoms with Crippen LogP contribution in [0.15, 0.2) is 0 Å². The summed E-state index contributed by atoms with van der Waals surface area (Å²) >= 11 is 0. The number of hydrogen-bond acceptors (Lipinski definition) is 7. The molecule has 0 aromatic carbocycles. The van der Waals surface area contributed by atoms with Gasteiger partial charge in [0.05, 0.1) is 0 Å². The maximum Gasteiger partial charge on any atom is 0.417 e. The Bertz CT molecular complexity index is 1090. The molecule has 0 fully saturated rings. The van der Waals surface area contributed by atoms with Crippen molar-refractivity contribution in [3.05, 3.63) is 28.1 Å². The van der Waals surface area contributed by atoms with Gasteiger partial charge in [-0.3, -0.25) is 4.98 Å². The molecule has 0 saturated carbocycles. The molecule has 2 atom stereocenters. The second-order valence-corrected chi connectivity index (χ2v) is 20.8. The number of aliphatic hydroxyl groups excluding tert-OH is 1. The lowest BCUT2D eigenvalue weighted by molar-refractivity contribution is -0.110. The standard InChI is InChI=1S/C36H71N3O4P/c1-23-25(3)37-26(4)24(2)27(23)28(40)39(22)38-29(30(5,6)7)35(20,21)36(31(8,9)10,32(11,12)13)44(41,42-33(14,15)16)43-34(17,18)19/h28-29,38,40-41H,1-22H3/q+1. The summed E-state index contributed by atoms with van der Waals surface area (Å²) in [5, 5.41) is 12.8. The van der Waals surface area contributed by atoms with Crippen LogP contribution < -0.4 is 5.43 Å². The summed E-state index contributed by atoms with van der Waals surface area (Å²) in [6.07, 6.45) is -0.917. The third kappa shape index (κ3) is 8.06. The smallest absolute Gasteiger partial charge is 0.373 e. The van der Waals surface area contributed by atoms with Crippen molar-refractivity contribution < 1.29 is 19.0 Å². The summed E-state index contributed by atoms with van der Waals surface area (Å²) in [7, 11) is -1.82. The fraction of sp³-hybridized carbons (Fsp3) is 0.861. The van der Waals surface area contributed by atoms with E-state index in [0.29, 0.717) is 0 Å². The molecular weight excluding hydrogens is 569 g/mol. The normalized spacial score (nSPS) is 16.5. The topological polar surface area (TPSA) is 87.1 Å². The number of nitrogens with one attached hydrogen (secondary N) is 1. The Morgan fingerprint density at radius 3 is 1.30 bits per heavy atom. The molecule has 0 radical (unpaired) electrons. The van der Waals surface area contributed by atoms with E-state index in [1.165, 1.54) is 0 Å². The number of hydrogen-bond donors (Lipinski definition) is 3. The van der Waals surface area contributed by atoms with Gasteiger partial charge in [0.1, 0.15) is 17.4 Å². The summed E-state index contributed by atoms with van der Waals surface area (Å²) in [5.41, 5.74) is 5.12. The first-order chi connectivity index (χ1) is 19.1. The van der Waals surface area contributed by atoms with Crippen LogP contribution in [0.25, 0.3) is 0 Å². The van der Waals surface area contributed by atoms with Gasteiger partial charge in [-0.15, -0.1) is 0 Å². The Morgan fingerprint density at radius 2 is 1.02 bits per heavy atom. The molecule has 7 nitrogen and oxygen atoms in total. The van der Waals surface area contributed by atoms with Crippen molar-refractivity contribution in [1.29, 1.82) is 0 Å². The summed E-state index contributed by atoms with van der Waals surface area (Å²) in [5.74, 6) is 0. The largest absolute Gasteiger partial charge is 0.417 e. The molecule has 0 saturated heterocycles. The van der Waals surface area contributed by atoms with Gasteiger partial charge in [-0.2, -0.15) is 13.9 Å². The summed E-state index contributed by atoms with van der Waals surface area (Å²) in [6.45, 7) is 44.3. The van der Waals surface area contributed by atoms with Crippen LogP contribution in [0.1, 0.15) is 152 Å². The zero-order valence-electron chi connectivity index (χ0n) is 32.7. The molecule has 1 heterocycles. The number of aromatic nitrogens is 1. The third-order valence-electron chi connectivity index (χ3n) is 9.10. The molecule has 0 aliphatic heterocycles. The minimum atomic E-state index is -3.72. The highest BCUT2D eigenvalue weighted by molar-refractivity contribution is 7.62. The molecular formula is C36H71N3O4P+. The van der Waals surface area contributed by atoms with Crippen molar-refractivity contribution in [3.63, 3.8) is 0 Å². The molecule has 0 aliphatic carbocycles. The number of aryl methyl sites for hydroxylation is 2. The third-order valence-corrected chi connectivity index (χ3v) is 13.5. The molecule has 2 unspecified atom stereocenters. The van der Waals surface area contributed by atoms with Crippen LogP contribution in [0.2, 0.25) is 0 Å². The van der Waals surface area contributed by atoms with Gasteiger partial charge in [-0.05, 0) is 85.8 Å². The quantitative estimate of drug-likeness (QED) is 0.141. The van der Waals surface area contributed by atoms with E-state index in [1.54, 1.807) is 0 Å². The summed E-state index contributed by atoms with van der Waals surface area (Å²) in [6, 6.07) is -0.253. The van der Waals surface area contributed by atoms with Crippen molar-refractivity contribution in [2.45, 2.75) is 174 Å². The molecule has 0 bridgehead atoms. The highest BCUT2D eigenvalue weighted by Gasteiger charge is 2.82. The van der Waals surface area contributed by atoms with Gasteiger partial charge < -0.3 is 5.11 Å². The first-order valence-corrected chi connectivity index (χ1v) is 17.8. The molecule has 1 aromatic heterocycles. The van der Waals surface area contributed by atoms with Gasteiger partial charge >= 0.3 is 7.94 Å². The van der Waals surface area contributed by atoms with E-state index in [4.69, 9.17) is 9.05 Å². The van der Waals surface area contributed by atoms with Gasteiger partial charge in [-0.25, -0.2) is 10.4 Å². The first kappa shape index (κ1) is 41.4. The van der Waals surface area contributed by atoms with Gasteiger partial charge in [0.2, 0.25) is 0 Å². The molecule has 0 aliphatic rings. The van der Waals surface area contributed by atoms with Crippen LogP contribution in [0.3, 0.4) is 0 Å². The molecule has 258 valence electrons. The average molecular weight is 641 g/mol. The van der Waals surface area contributed by atoms with E-state index >= 15 is 0 Å². The molecule has 0 spiro atoms. The first-order valence-electron chi connectivity index (χ1n) is 16.2. The molecule has 3 N–H and O–H groups in total. The van der Waals surface area contributed by atoms with Gasteiger partial charge in [0.25, 0.3) is 0 Å². The number of pyridine rings is 1. The molecule has 44 heavy (non-hydrogen) atoms. The Kier molecular flexibility index (Phi) is 12.0. The fourth-order valence-corrected chi connectivity index (χ4v) is 13.1. The van der Waals surface area contributed by atoms with E-state index in [1.807, 2.05) is 81.3 Å². The van der Waals surface area contributed by atoms with Crippen molar-refractivity contribution in [1.82, 2.24) is 15.4 Å². The molecule has 8 heteroatoms. The highest BCUT2D eigenvalue weighted by atomic mass is 31.2. The van der Waals surface area contributed by atoms with Crippen molar-refractivity contribution in [2.24, 2.45) is 21.7 Å². The molecule has 1 rings (SSSR count). The second kappa shape index (κ2) is 12.7. The summed E-state index contributed by atoms with van der Waals surface area (Å²) < 4.78 is 13.8. The van der Waals surface area contributed by atoms with Crippen molar-refractivity contribution >= 4 is 7.94 Å². The monoisotopic (exact) mass is 641 g/mol. The zero-order chi connectivity index (χ0) is 35.4. The zero-order valence-corrected chi connectivity index (χ0v) is 33.6. The van der Waals surface area contributed by atoms with Gasteiger partial charge in [0.15, 0.2) is 5.16 Å². The van der Waals surface area contributed by atoms with Crippen LogP contribution in [0, 0.1) is 49.4 Å². The molecule has 1 aromatic rings. The lowest BCUT2D eigenvalue weighted by atomic mass is 9.50. The maximum absolute atomic E-state index is 13.3. The number of hydrazine groups is 1. The Hall–Kier alpha value is -0.660. The van der Waals surface area contributed by atoms with Crippen LogP contribution >= 0.6 is 7.94 Å². The van der Waals surface area contributed by atoms with E-state index < -0.39 is 46.8 Å². The summed E-state index contributed by atoms with van der Waals surface area (Å²) in [4.78, 5) is 18.0. The predicted octanol–water partition coefficient (Wildman–Crippen LogP) is 9.40. The Morgan fingerprint density at radius 1 is 0.682 bits per heavy atom. The van der Waals surface area contributed by atoms with Gasteiger partial charge in [0, 0.05) is 46.3 Å². The van der Waals surface area contributed by atoms with Crippen LogP contribution in [0.5, 0.6) is 0 Å². The van der Waals surface area contributed by atoms with Gasteiger partial charge in [-0.1, -0.05) is 76.2 Å². The second-order valence-electron chi connectivity index (χ2n) is 18.7. The van der Waals surface area contributed by atoms with Crippen molar-refractivity contribution in [3.8, 4) is 0 Å². The minimum Gasteiger partial charge on any atom is -0.373 e. The van der Waals surface area contributed by atoms with Crippen LogP contribution in [-0.2, 0) is 9.05 Å². The van der Waals surface area contributed by atoms with Crippen LogP contribution in [0.4, 0.5) is 0 Å². The highest BCUT2D eigenvalue weighted by Crippen LogP contribution is 2.84. The lowest BCUT2D eigenvalue weighted by Crippen LogP contribution is -2.72.